The molecule has 0 heterocycles. The molecule has 0 bridgehead atoms. The second-order valence-corrected chi connectivity index (χ2v) is 7.89. The maximum atomic E-state index is 2.46. The molecule has 4 atom stereocenters. The van der Waals surface area contributed by atoms with Crippen molar-refractivity contribution in [3.63, 3.8) is 0 Å². The molecule has 4 unspecified atom stereocenters. The van der Waals surface area contributed by atoms with Gasteiger partial charge in [-0.1, -0.05) is 0 Å². The molecule has 134 valence electrons. The first kappa shape index (κ1) is 23.5. The van der Waals surface area contributed by atoms with Gasteiger partial charge >= 0.3 is 151 Å². The molecule has 0 aromatic heterocycles. The zero-order valence-corrected chi connectivity index (χ0v) is 18.1. The Labute approximate surface area is 187 Å². The summed E-state index contributed by atoms with van der Waals surface area (Å²) in [5, 5.41) is 0. The number of halogens is 3. The fourth-order valence-corrected chi connectivity index (χ4v) is 5.52. The van der Waals surface area contributed by atoms with E-state index >= 15 is 0 Å². The minimum absolute atomic E-state index is 0. The number of allylic oxidation sites excluding steroid dienone is 4. The number of benzene rings is 2. The first-order valence-electron chi connectivity index (χ1n) is 8.50. The molecule has 1 fully saturated rings. The van der Waals surface area contributed by atoms with Crippen LogP contribution in [0.15, 0.2) is 85.0 Å². The van der Waals surface area contributed by atoms with Crippen LogP contribution in [0.2, 0.25) is 4.22 Å². The Hall–Kier alpha value is -0.496. The Morgan fingerprint density at radius 2 is 1.23 bits per heavy atom. The molecule has 0 nitrogen and oxygen atoms in total. The monoisotopic (exact) mass is 438 g/mol. The van der Waals surface area contributed by atoms with Crippen molar-refractivity contribution in [1.82, 2.24) is 0 Å². The van der Waals surface area contributed by atoms with Crippen molar-refractivity contribution in [2.75, 3.05) is 0 Å². The molecule has 2 aliphatic rings. The van der Waals surface area contributed by atoms with E-state index in [2.05, 4.69) is 105 Å². The summed E-state index contributed by atoms with van der Waals surface area (Å²) in [4.78, 5) is 0. The summed E-state index contributed by atoms with van der Waals surface area (Å²) in [5.74, 6) is 2.54. The molecule has 0 aliphatic heterocycles. The maximum absolute atomic E-state index is 2.46. The van der Waals surface area contributed by atoms with Gasteiger partial charge < -0.3 is 37.2 Å². The summed E-state index contributed by atoms with van der Waals surface area (Å²) in [6.45, 7) is 0. The van der Waals surface area contributed by atoms with E-state index in [-0.39, 0.29) is 37.2 Å². The Morgan fingerprint density at radius 3 is 1.77 bits per heavy atom. The van der Waals surface area contributed by atoms with Gasteiger partial charge in [0.25, 0.3) is 0 Å². The second kappa shape index (κ2) is 10.7. The third-order valence-electron chi connectivity index (χ3n) is 5.43. The first-order valence-corrected chi connectivity index (χ1v) is 9.41. The summed E-state index contributed by atoms with van der Waals surface area (Å²) >= 11 is 2.45. The Morgan fingerprint density at radius 1 is 0.731 bits per heavy atom. The van der Waals surface area contributed by atoms with E-state index in [0.717, 1.165) is 10.1 Å². The van der Waals surface area contributed by atoms with Gasteiger partial charge in [0.1, 0.15) is 0 Å². The van der Waals surface area contributed by atoms with Crippen molar-refractivity contribution in [2.24, 2.45) is 17.8 Å². The zero-order valence-electron chi connectivity index (χ0n) is 14.3. The van der Waals surface area contributed by atoms with Crippen LogP contribution in [-0.4, -0.2) is 0 Å². The van der Waals surface area contributed by atoms with Crippen molar-refractivity contribution < 1.29 is 57.7 Å². The summed E-state index contributed by atoms with van der Waals surface area (Å²) in [6.07, 6.45) is 10.7. The van der Waals surface area contributed by atoms with Crippen molar-refractivity contribution >= 4 is 0 Å². The van der Waals surface area contributed by atoms with Crippen LogP contribution in [-0.2, 0) is 20.4 Å². The number of rotatable bonds is 3. The fraction of sp³-hybridized carbons (Fsp3) is 0.273. The van der Waals surface area contributed by atoms with Gasteiger partial charge in [-0.05, 0) is 0 Å². The molecule has 0 radical (unpaired) electrons. The molecular formula is C22H21Cl3Ti. The van der Waals surface area contributed by atoms with Crippen LogP contribution in [0.1, 0.15) is 23.5 Å². The van der Waals surface area contributed by atoms with Gasteiger partial charge in [0.2, 0.25) is 0 Å². The van der Waals surface area contributed by atoms with Gasteiger partial charge in [0.15, 0.2) is 0 Å². The van der Waals surface area contributed by atoms with E-state index in [9.17, 15) is 0 Å². The number of hydrogen-bond donors (Lipinski definition) is 0. The minimum atomic E-state index is 0. The Balaban J connectivity index is 0.00000113. The summed E-state index contributed by atoms with van der Waals surface area (Å²) in [6, 6.07) is 22.2. The van der Waals surface area contributed by atoms with Crippen LogP contribution < -0.4 is 37.2 Å². The molecule has 2 aliphatic carbocycles. The molecule has 2 aromatic rings. The predicted molar refractivity (Wildman–Crippen MR) is 91.8 cm³/mol. The van der Waals surface area contributed by atoms with E-state index < -0.39 is 0 Å². The van der Waals surface area contributed by atoms with Gasteiger partial charge in [-0.15, -0.1) is 0 Å². The van der Waals surface area contributed by atoms with Crippen molar-refractivity contribution in [3.05, 3.63) is 96.1 Å². The fourth-order valence-electron chi connectivity index (χ4n) is 4.45. The normalized spacial score (nSPS) is 25.7. The predicted octanol–water partition coefficient (Wildman–Crippen LogP) is -3.46. The van der Waals surface area contributed by atoms with E-state index in [4.69, 9.17) is 0 Å². The molecule has 4 heteroatoms. The molecule has 4 rings (SSSR count). The van der Waals surface area contributed by atoms with Crippen molar-refractivity contribution in [1.29, 1.82) is 0 Å². The van der Waals surface area contributed by atoms with Gasteiger partial charge in [0.05, 0.1) is 0 Å². The van der Waals surface area contributed by atoms with Crippen LogP contribution in [0.5, 0.6) is 0 Å². The SMILES string of the molecule is [Cl-].[Cl-].[Cl-].[Ti+3][CH]1CC2C=CC=CC2C1C(c1ccccc1)c1ccccc1. The zero-order chi connectivity index (χ0) is 15.6. The van der Waals surface area contributed by atoms with Gasteiger partial charge in [-0.2, -0.15) is 0 Å². The first-order chi connectivity index (χ1) is 11.3. The Kier molecular flexibility index (Phi) is 9.72. The van der Waals surface area contributed by atoms with Crippen LogP contribution in [0, 0.1) is 17.8 Å². The summed E-state index contributed by atoms with van der Waals surface area (Å²) < 4.78 is 0.739. The number of hydrogen-bond acceptors (Lipinski definition) is 0. The average molecular weight is 440 g/mol. The van der Waals surface area contributed by atoms with Crippen molar-refractivity contribution in [3.8, 4) is 0 Å². The van der Waals surface area contributed by atoms with E-state index in [1.807, 2.05) is 0 Å². The molecule has 1 saturated carbocycles. The van der Waals surface area contributed by atoms with E-state index in [0.29, 0.717) is 17.8 Å². The Bertz CT molecular complexity index is 675. The molecule has 2 aromatic carbocycles. The third kappa shape index (κ3) is 4.67. The average Bonchev–Trinajstić information content (AvgIpc) is 2.94. The van der Waals surface area contributed by atoms with E-state index in [1.54, 1.807) is 0 Å². The molecule has 26 heavy (non-hydrogen) atoms. The van der Waals surface area contributed by atoms with Crippen LogP contribution in [0.4, 0.5) is 0 Å². The molecule has 0 amide bonds. The number of fused-ring (bicyclic) bond motifs is 1. The topological polar surface area (TPSA) is 0 Å². The molecular weight excluding hydrogens is 418 g/mol. The quantitative estimate of drug-likeness (QED) is 0.437. The van der Waals surface area contributed by atoms with Gasteiger partial charge in [0, 0.05) is 0 Å². The van der Waals surface area contributed by atoms with Crippen LogP contribution in [0.25, 0.3) is 0 Å². The van der Waals surface area contributed by atoms with Gasteiger partial charge in [-0.25, -0.2) is 0 Å². The molecule has 0 N–H and O–H groups in total. The van der Waals surface area contributed by atoms with Crippen LogP contribution in [0.3, 0.4) is 0 Å². The van der Waals surface area contributed by atoms with Crippen LogP contribution >= 0.6 is 0 Å². The van der Waals surface area contributed by atoms with Crippen molar-refractivity contribution in [2.45, 2.75) is 16.6 Å². The molecule has 0 spiro atoms. The second-order valence-electron chi connectivity index (χ2n) is 6.73. The standard InChI is InChI=1S/C22H21.3ClH.Ti/c1-3-10-18(11-4-1)22(19-12-5-2-6-13-19)21-16-15-17-9-7-8-14-20(17)21;;;;/h1-14,16-17,20-22H,15H2;3*1H;/q;;;;+3/p-3. The summed E-state index contributed by atoms with van der Waals surface area (Å²) in [5.41, 5.74) is 2.92. The summed E-state index contributed by atoms with van der Waals surface area (Å²) in [7, 11) is 0. The van der Waals surface area contributed by atoms with E-state index in [1.165, 1.54) is 17.5 Å². The third-order valence-corrected chi connectivity index (χ3v) is 6.40. The molecule has 0 saturated heterocycles. The van der Waals surface area contributed by atoms with Gasteiger partial charge in [-0.3, -0.25) is 0 Å².